The van der Waals surface area contributed by atoms with Gasteiger partial charge in [-0.2, -0.15) is 0 Å². The largest absolute Gasteiger partial charge is 0.395 e. The molecule has 3 heteroatoms. The van der Waals surface area contributed by atoms with Gasteiger partial charge >= 0.3 is 0 Å². The molecule has 1 heterocycles. The number of anilines is 1. The van der Waals surface area contributed by atoms with E-state index in [0.717, 1.165) is 13.1 Å². The zero-order valence-electron chi connectivity index (χ0n) is 11.8. The van der Waals surface area contributed by atoms with Gasteiger partial charge in [-0.3, -0.25) is 0 Å². The third-order valence-electron chi connectivity index (χ3n) is 3.70. The molecule has 1 aliphatic rings. The van der Waals surface area contributed by atoms with Gasteiger partial charge in [0.2, 0.25) is 0 Å². The maximum Gasteiger partial charge on any atom is 0.0602 e. The second kappa shape index (κ2) is 4.90. The monoisotopic (exact) mass is 248 g/mol. The number of hydrogen-bond donors (Lipinski definition) is 2. The van der Waals surface area contributed by atoms with Crippen LogP contribution in [0.1, 0.15) is 25.0 Å². The van der Waals surface area contributed by atoms with Crippen LogP contribution in [-0.4, -0.2) is 36.4 Å². The Balaban J connectivity index is 2.23. The number of aliphatic hydroxyl groups is 1. The molecule has 1 aromatic rings. The average Bonchev–Trinajstić information content (AvgIpc) is 2.30. The summed E-state index contributed by atoms with van der Waals surface area (Å²) in [5, 5.41) is 12.9. The molecule has 0 bridgehead atoms. The summed E-state index contributed by atoms with van der Waals surface area (Å²) in [7, 11) is 0. The Morgan fingerprint density at radius 2 is 2.06 bits per heavy atom. The highest BCUT2D eigenvalue weighted by Crippen LogP contribution is 2.24. The summed E-state index contributed by atoms with van der Waals surface area (Å²) in [6.07, 6.45) is 0. The maximum absolute atomic E-state index is 9.40. The van der Waals surface area contributed by atoms with Crippen molar-refractivity contribution in [1.82, 2.24) is 5.32 Å². The van der Waals surface area contributed by atoms with E-state index in [1.54, 1.807) is 0 Å². The van der Waals surface area contributed by atoms with Crippen LogP contribution in [0.4, 0.5) is 5.69 Å². The van der Waals surface area contributed by atoms with E-state index in [2.05, 4.69) is 56.1 Å². The highest BCUT2D eigenvalue weighted by atomic mass is 16.3. The lowest BCUT2D eigenvalue weighted by molar-refractivity contribution is 0.191. The maximum atomic E-state index is 9.40. The van der Waals surface area contributed by atoms with Gasteiger partial charge < -0.3 is 15.3 Å². The topological polar surface area (TPSA) is 35.5 Å². The molecule has 0 radical (unpaired) electrons. The van der Waals surface area contributed by atoms with Gasteiger partial charge in [0.25, 0.3) is 0 Å². The Labute approximate surface area is 110 Å². The van der Waals surface area contributed by atoms with Crippen molar-refractivity contribution in [1.29, 1.82) is 0 Å². The summed E-state index contributed by atoms with van der Waals surface area (Å²) in [6, 6.07) is 6.74. The SMILES string of the molecule is Cc1ccc(N2CC(CO)NC(C)(C)C2)cc1C. The molecule has 1 fully saturated rings. The Morgan fingerprint density at radius 1 is 1.33 bits per heavy atom. The zero-order chi connectivity index (χ0) is 13.3. The number of hydrogen-bond acceptors (Lipinski definition) is 3. The third kappa shape index (κ3) is 2.85. The second-order valence-corrected chi connectivity index (χ2v) is 6.06. The molecule has 1 unspecified atom stereocenters. The molecule has 0 aliphatic carbocycles. The molecular weight excluding hydrogens is 224 g/mol. The van der Waals surface area contributed by atoms with Crippen LogP contribution < -0.4 is 10.2 Å². The van der Waals surface area contributed by atoms with Crippen molar-refractivity contribution < 1.29 is 5.11 Å². The van der Waals surface area contributed by atoms with Gasteiger partial charge in [-0.05, 0) is 51.0 Å². The Morgan fingerprint density at radius 3 is 2.67 bits per heavy atom. The van der Waals surface area contributed by atoms with Crippen molar-refractivity contribution in [3.63, 3.8) is 0 Å². The Bertz CT molecular complexity index is 429. The molecule has 1 aliphatic heterocycles. The van der Waals surface area contributed by atoms with E-state index < -0.39 is 0 Å². The van der Waals surface area contributed by atoms with Crippen LogP contribution in [0.2, 0.25) is 0 Å². The van der Waals surface area contributed by atoms with Gasteiger partial charge in [0.1, 0.15) is 0 Å². The highest BCUT2D eigenvalue weighted by Gasteiger charge is 2.31. The molecule has 0 spiro atoms. The van der Waals surface area contributed by atoms with Crippen LogP contribution in [-0.2, 0) is 0 Å². The summed E-state index contributed by atoms with van der Waals surface area (Å²) in [5.74, 6) is 0. The first-order valence-corrected chi connectivity index (χ1v) is 6.62. The summed E-state index contributed by atoms with van der Waals surface area (Å²) in [5.41, 5.74) is 3.94. The van der Waals surface area contributed by atoms with Gasteiger partial charge in [-0.1, -0.05) is 6.07 Å². The molecule has 2 N–H and O–H groups in total. The third-order valence-corrected chi connectivity index (χ3v) is 3.70. The molecular formula is C15H24N2O. The molecule has 18 heavy (non-hydrogen) atoms. The summed E-state index contributed by atoms with van der Waals surface area (Å²) in [6.45, 7) is 10.7. The summed E-state index contributed by atoms with van der Waals surface area (Å²) in [4.78, 5) is 2.36. The minimum absolute atomic E-state index is 0.0322. The predicted octanol–water partition coefficient (Wildman–Crippen LogP) is 1.85. The van der Waals surface area contributed by atoms with Crippen LogP contribution >= 0.6 is 0 Å². The van der Waals surface area contributed by atoms with Crippen LogP contribution in [0.3, 0.4) is 0 Å². The molecule has 3 nitrogen and oxygen atoms in total. The van der Waals surface area contributed by atoms with E-state index in [1.165, 1.54) is 16.8 Å². The first-order valence-electron chi connectivity index (χ1n) is 6.62. The molecule has 0 amide bonds. The first kappa shape index (κ1) is 13.4. The van der Waals surface area contributed by atoms with Gasteiger partial charge in [0.15, 0.2) is 0 Å². The first-order chi connectivity index (χ1) is 8.41. The Kier molecular flexibility index (Phi) is 3.64. The minimum atomic E-state index is 0.0322. The van der Waals surface area contributed by atoms with Crippen molar-refractivity contribution in [2.45, 2.75) is 39.3 Å². The summed E-state index contributed by atoms with van der Waals surface area (Å²) < 4.78 is 0. The lowest BCUT2D eigenvalue weighted by Gasteiger charge is -2.44. The number of aryl methyl sites for hydroxylation is 2. The highest BCUT2D eigenvalue weighted by molar-refractivity contribution is 5.51. The molecule has 0 aromatic heterocycles. The molecule has 1 atom stereocenters. The number of aliphatic hydroxyl groups excluding tert-OH is 1. The van der Waals surface area contributed by atoms with Crippen molar-refractivity contribution >= 4 is 5.69 Å². The fourth-order valence-corrected chi connectivity index (χ4v) is 2.67. The Hall–Kier alpha value is -1.06. The van der Waals surface area contributed by atoms with Crippen molar-refractivity contribution in [3.05, 3.63) is 29.3 Å². The molecule has 0 saturated carbocycles. The van der Waals surface area contributed by atoms with Gasteiger partial charge in [-0.15, -0.1) is 0 Å². The van der Waals surface area contributed by atoms with Gasteiger partial charge in [-0.25, -0.2) is 0 Å². The van der Waals surface area contributed by atoms with Crippen LogP contribution in [0.25, 0.3) is 0 Å². The van der Waals surface area contributed by atoms with E-state index >= 15 is 0 Å². The number of benzene rings is 1. The molecule has 1 saturated heterocycles. The van der Waals surface area contributed by atoms with Crippen LogP contribution in [0.15, 0.2) is 18.2 Å². The fourth-order valence-electron chi connectivity index (χ4n) is 2.67. The number of piperazine rings is 1. The van der Waals surface area contributed by atoms with Crippen LogP contribution in [0, 0.1) is 13.8 Å². The van der Waals surface area contributed by atoms with E-state index in [-0.39, 0.29) is 18.2 Å². The van der Waals surface area contributed by atoms with Crippen molar-refractivity contribution in [3.8, 4) is 0 Å². The molecule has 100 valence electrons. The van der Waals surface area contributed by atoms with Gasteiger partial charge in [0, 0.05) is 30.4 Å². The number of nitrogens with zero attached hydrogens (tertiary/aromatic N) is 1. The quantitative estimate of drug-likeness (QED) is 0.838. The fraction of sp³-hybridized carbons (Fsp3) is 0.600. The van der Waals surface area contributed by atoms with E-state index in [9.17, 15) is 5.11 Å². The van der Waals surface area contributed by atoms with Crippen molar-refractivity contribution in [2.24, 2.45) is 0 Å². The zero-order valence-corrected chi connectivity index (χ0v) is 11.8. The molecule has 2 rings (SSSR count). The van der Waals surface area contributed by atoms with E-state index in [0.29, 0.717) is 0 Å². The standard InChI is InChI=1S/C15H24N2O/c1-11-5-6-14(7-12(11)2)17-8-13(9-18)16-15(3,4)10-17/h5-7,13,16,18H,8-10H2,1-4H3. The smallest absolute Gasteiger partial charge is 0.0602 e. The average molecular weight is 248 g/mol. The normalized spacial score (nSPS) is 23.2. The number of nitrogens with one attached hydrogen (secondary N) is 1. The van der Waals surface area contributed by atoms with Crippen LogP contribution in [0.5, 0.6) is 0 Å². The van der Waals surface area contributed by atoms with E-state index in [1.807, 2.05) is 0 Å². The van der Waals surface area contributed by atoms with Gasteiger partial charge in [0.05, 0.1) is 6.61 Å². The number of rotatable bonds is 2. The summed E-state index contributed by atoms with van der Waals surface area (Å²) >= 11 is 0. The van der Waals surface area contributed by atoms with E-state index in [4.69, 9.17) is 0 Å². The lowest BCUT2D eigenvalue weighted by atomic mass is 9.97. The van der Waals surface area contributed by atoms with Crippen molar-refractivity contribution in [2.75, 3.05) is 24.6 Å². The lowest BCUT2D eigenvalue weighted by Crippen LogP contribution is -2.63. The second-order valence-electron chi connectivity index (χ2n) is 6.06. The predicted molar refractivity (Wildman–Crippen MR) is 76.2 cm³/mol. The minimum Gasteiger partial charge on any atom is -0.395 e. The molecule has 1 aromatic carbocycles.